The van der Waals surface area contributed by atoms with E-state index in [9.17, 15) is 9.59 Å². The normalized spacial score (nSPS) is 10.2. The molecular weight excluding hydrogens is 356 g/mol. The van der Waals surface area contributed by atoms with Gasteiger partial charge in [0.05, 0.1) is 0 Å². The van der Waals surface area contributed by atoms with Gasteiger partial charge in [-0.05, 0) is 30.7 Å². The Kier molecular flexibility index (Phi) is 6.35. The van der Waals surface area contributed by atoms with Crippen molar-refractivity contribution in [3.63, 3.8) is 0 Å². The van der Waals surface area contributed by atoms with Crippen molar-refractivity contribution in [1.82, 2.24) is 4.90 Å². The van der Waals surface area contributed by atoms with Gasteiger partial charge in [-0.15, -0.1) is 0 Å². The van der Waals surface area contributed by atoms with Crippen LogP contribution in [0.25, 0.3) is 0 Å². The number of halogens is 1. The van der Waals surface area contributed by atoms with Gasteiger partial charge in [-0.25, -0.2) is 0 Å². The Balaban J connectivity index is 1.92. The Morgan fingerprint density at radius 2 is 1.83 bits per heavy atom. The molecule has 2 rings (SSSR count). The zero-order valence-electron chi connectivity index (χ0n) is 13.0. The molecule has 0 radical (unpaired) electrons. The summed E-state index contributed by atoms with van der Waals surface area (Å²) in [5.41, 5.74) is 1.72. The van der Waals surface area contributed by atoms with Gasteiger partial charge in [0.25, 0.3) is 0 Å². The molecule has 0 saturated carbocycles. The first-order valence-corrected chi connectivity index (χ1v) is 8.25. The molecule has 0 aliphatic heterocycles. The molecule has 1 N–H and O–H groups in total. The van der Waals surface area contributed by atoms with Crippen LogP contribution in [0.2, 0.25) is 0 Å². The molecule has 0 unspecified atom stereocenters. The number of hydrogen-bond donors (Lipinski definition) is 1. The fourth-order valence-electron chi connectivity index (χ4n) is 2.20. The van der Waals surface area contributed by atoms with Crippen LogP contribution >= 0.6 is 15.9 Å². The lowest BCUT2D eigenvalue weighted by Crippen LogP contribution is -2.33. The first-order chi connectivity index (χ1) is 11.1. The minimum absolute atomic E-state index is 0.160. The van der Waals surface area contributed by atoms with E-state index in [2.05, 4.69) is 21.2 Å². The van der Waals surface area contributed by atoms with E-state index in [4.69, 9.17) is 0 Å². The quantitative estimate of drug-likeness (QED) is 0.781. The number of anilines is 1. The van der Waals surface area contributed by atoms with Gasteiger partial charge in [0.15, 0.2) is 0 Å². The van der Waals surface area contributed by atoms with Gasteiger partial charge in [0.2, 0.25) is 11.8 Å². The number of carbonyl (C=O) groups is 2. The van der Waals surface area contributed by atoms with E-state index in [0.717, 1.165) is 10.0 Å². The van der Waals surface area contributed by atoms with Crippen molar-refractivity contribution in [2.75, 3.05) is 11.9 Å². The third kappa shape index (κ3) is 5.53. The highest BCUT2D eigenvalue weighted by Gasteiger charge is 2.16. The van der Waals surface area contributed by atoms with Crippen LogP contribution in [-0.2, 0) is 16.1 Å². The first-order valence-electron chi connectivity index (χ1n) is 7.45. The monoisotopic (exact) mass is 374 g/mol. The molecule has 0 heterocycles. The number of carbonyl (C=O) groups excluding carboxylic acids is 2. The molecule has 2 aromatic carbocycles. The summed E-state index contributed by atoms with van der Waals surface area (Å²) >= 11 is 3.35. The molecule has 4 nitrogen and oxygen atoms in total. The summed E-state index contributed by atoms with van der Waals surface area (Å²) in [6.45, 7) is 2.99. The Bertz CT molecular complexity index is 674. The van der Waals surface area contributed by atoms with Crippen LogP contribution in [0.3, 0.4) is 0 Å². The van der Waals surface area contributed by atoms with Crippen molar-refractivity contribution in [3.8, 4) is 0 Å². The van der Waals surface area contributed by atoms with E-state index in [1.165, 1.54) is 0 Å². The van der Waals surface area contributed by atoms with E-state index in [1.807, 2.05) is 49.4 Å². The summed E-state index contributed by atoms with van der Waals surface area (Å²) < 4.78 is 0.876. The average Bonchev–Trinajstić information content (AvgIpc) is 2.53. The molecule has 0 aromatic heterocycles. The summed E-state index contributed by atoms with van der Waals surface area (Å²) in [6, 6.07) is 17.0. The molecule has 2 aromatic rings. The Morgan fingerprint density at radius 3 is 2.48 bits per heavy atom. The van der Waals surface area contributed by atoms with Gasteiger partial charge in [-0.3, -0.25) is 9.59 Å². The molecular formula is C18H19BrN2O2. The number of nitrogens with zero attached hydrogens (tertiary/aromatic N) is 1. The highest BCUT2D eigenvalue weighted by atomic mass is 79.9. The zero-order chi connectivity index (χ0) is 16.7. The minimum atomic E-state index is -0.306. The SMILES string of the molecule is CCN(Cc1ccccc1)C(=O)CC(=O)Nc1cccc(Br)c1. The van der Waals surface area contributed by atoms with Crippen molar-refractivity contribution >= 4 is 33.4 Å². The second-order valence-corrected chi connectivity index (χ2v) is 6.04. The minimum Gasteiger partial charge on any atom is -0.338 e. The summed E-state index contributed by atoms with van der Waals surface area (Å²) in [7, 11) is 0. The number of rotatable bonds is 6. The topological polar surface area (TPSA) is 49.4 Å². The molecule has 0 atom stereocenters. The van der Waals surface area contributed by atoms with Gasteiger partial charge < -0.3 is 10.2 Å². The predicted molar refractivity (Wildman–Crippen MR) is 94.9 cm³/mol. The molecule has 2 amide bonds. The lowest BCUT2D eigenvalue weighted by atomic mass is 10.2. The summed E-state index contributed by atoms with van der Waals surface area (Å²) in [5.74, 6) is -0.483. The van der Waals surface area contributed by atoms with E-state index in [0.29, 0.717) is 18.8 Å². The van der Waals surface area contributed by atoms with Crippen LogP contribution in [0, 0.1) is 0 Å². The van der Waals surface area contributed by atoms with E-state index in [1.54, 1.807) is 17.0 Å². The lowest BCUT2D eigenvalue weighted by molar-refractivity contribution is -0.134. The molecule has 0 bridgehead atoms. The van der Waals surface area contributed by atoms with E-state index < -0.39 is 0 Å². The maximum atomic E-state index is 12.3. The van der Waals surface area contributed by atoms with Gasteiger partial charge in [-0.2, -0.15) is 0 Å². The summed E-state index contributed by atoms with van der Waals surface area (Å²) in [4.78, 5) is 26.0. The predicted octanol–water partition coefficient (Wildman–Crippen LogP) is 3.83. The largest absolute Gasteiger partial charge is 0.338 e. The number of amides is 2. The van der Waals surface area contributed by atoms with Crippen LogP contribution in [0.4, 0.5) is 5.69 Å². The molecule has 0 fully saturated rings. The van der Waals surface area contributed by atoms with Gasteiger partial charge in [0, 0.05) is 23.2 Å². The highest BCUT2D eigenvalue weighted by Crippen LogP contribution is 2.16. The van der Waals surface area contributed by atoms with Crippen LogP contribution in [-0.4, -0.2) is 23.3 Å². The van der Waals surface area contributed by atoms with Gasteiger partial charge in [0.1, 0.15) is 6.42 Å². The summed E-state index contributed by atoms with van der Waals surface area (Å²) in [5, 5.41) is 2.74. The van der Waals surface area contributed by atoms with E-state index in [-0.39, 0.29) is 18.2 Å². The van der Waals surface area contributed by atoms with Crippen molar-refractivity contribution in [3.05, 3.63) is 64.6 Å². The van der Waals surface area contributed by atoms with Gasteiger partial charge >= 0.3 is 0 Å². The number of hydrogen-bond acceptors (Lipinski definition) is 2. The molecule has 0 spiro atoms. The molecule has 0 saturated heterocycles. The smallest absolute Gasteiger partial charge is 0.233 e. The van der Waals surface area contributed by atoms with Crippen molar-refractivity contribution in [1.29, 1.82) is 0 Å². The Labute approximate surface area is 144 Å². The van der Waals surface area contributed by atoms with Crippen LogP contribution in [0.1, 0.15) is 18.9 Å². The lowest BCUT2D eigenvalue weighted by Gasteiger charge is -2.20. The van der Waals surface area contributed by atoms with Crippen LogP contribution in [0.5, 0.6) is 0 Å². The standard InChI is InChI=1S/C18H19BrN2O2/c1-2-21(13-14-7-4-3-5-8-14)18(23)12-17(22)20-16-10-6-9-15(19)11-16/h3-11H,2,12-13H2,1H3,(H,20,22). The fraction of sp³-hybridized carbons (Fsp3) is 0.222. The van der Waals surface area contributed by atoms with E-state index >= 15 is 0 Å². The van der Waals surface area contributed by atoms with Crippen LogP contribution in [0.15, 0.2) is 59.1 Å². The van der Waals surface area contributed by atoms with Crippen molar-refractivity contribution in [2.24, 2.45) is 0 Å². The zero-order valence-corrected chi connectivity index (χ0v) is 14.5. The van der Waals surface area contributed by atoms with Crippen molar-refractivity contribution < 1.29 is 9.59 Å². The fourth-order valence-corrected chi connectivity index (χ4v) is 2.60. The molecule has 0 aliphatic carbocycles. The Morgan fingerprint density at radius 1 is 1.09 bits per heavy atom. The molecule has 23 heavy (non-hydrogen) atoms. The average molecular weight is 375 g/mol. The molecule has 5 heteroatoms. The summed E-state index contributed by atoms with van der Waals surface area (Å²) in [6.07, 6.45) is -0.160. The van der Waals surface area contributed by atoms with Gasteiger partial charge in [-0.1, -0.05) is 52.3 Å². The van der Waals surface area contributed by atoms with Crippen LogP contribution < -0.4 is 5.32 Å². The third-order valence-corrected chi connectivity index (χ3v) is 3.86. The maximum Gasteiger partial charge on any atom is 0.233 e. The number of benzene rings is 2. The van der Waals surface area contributed by atoms with Crippen molar-refractivity contribution in [2.45, 2.75) is 19.9 Å². The number of nitrogens with one attached hydrogen (secondary N) is 1. The molecule has 120 valence electrons. The first kappa shape index (κ1) is 17.2. The third-order valence-electron chi connectivity index (χ3n) is 3.37. The Hall–Kier alpha value is -2.14. The highest BCUT2D eigenvalue weighted by molar-refractivity contribution is 9.10. The maximum absolute atomic E-state index is 12.3. The molecule has 0 aliphatic rings. The second kappa shape index (κ2) is 8.48. The second-order valence-electron chi connectivity index (χ2n) is 5.13.